The number of hydrogen-bond acceptors (Lipinski definition) is 3. The number of halogens is 5. The lowest BCUT2D eigenvalue weighted by Crippen LogP contribution is -2.04. The van der Waals surface area contributed by atoms with Crippen molar-refractivity contribution in [2.45, 2.75) is 6.18 Å². The lowest BCUT2D eigenvalue weighted by molar-refractivity contribution is -0.387. The molecule has 9 heteroatoms. The van der Waals surface area contributed by atoms with Gasteiger partial charge in [-0.1, -0.05) is 11.6 Å². The summed E-state index contributed by atoms with van der Waals surface area (Å²) in [6, 6.07) is 5.12. The number of nitro groups is 1. The maximum absolute atomic E-state index is 13.4. The van der Waals surface area contributed by atoms with Gasteiger partial charge in [-0.15, -0.1) is 0 Å². The molecule has 0 spiro atoms. The molecule has 0 heterocycles. The Hall–Kier alpha value is -2.35. The molecule has 0 fully saturated rings. The molecule has 0 aliphatic carbocycles. The second kappa shape index (κ2) is 5.80. The smallest absolute Gasteiger partial charge is 0.416 e. The number of rotatable bonds is 3. The molecule has 0 saturated heterocycles. The Kier molecular flexibility index (Phi) is 4.23. The van der Waals surface area contributed by atoms with Gasteiger partial charge in [0.25, 0.3) is 0 Å². The van der Waals surface area contributed by atoms with Gasteiger partial charge >= 0.3 is 11.9 Å². The SMILES string of the molecule is O=[N+]([O-])c1ccc(Oc2ccc(C(F)(F)F)cc2Cl)cc1F. The van der Waals surface area contributed by atoms with E-state index in [0.29, 0.717) is 6.07 Å². The van der Waals surface area contributed by atoms with Crippen LogP contribution in [0.2, 0.25) is 5.02 Å². The van der Waals surface area contributed by atoms with Gasteiger partial charge in [0, 0.05) is 12.1 Å². The third-order valence-electron chi connectivity index (χ3n) is 2.60. The first kappa shape index (κ1) is 16.0. The van der Waals surface area contributed by atoms with Crippen LogP contribution in [0.3, 0.4) is 0 Å². The molecule has 0 unspecified atom stereocenters. The Balaban J connectivity index is 2.28. The molecule has 0 saturated carbocycles. The van der Waals surface area contributed by atoms with E-state index in [0.717, 1.165) is 30.3 Å². The van der Waals surface area contributed by atoms with E-state index in [1.807, 2.05) is 0 Å². The van der Waals surface area contributed by atoms with E-state index < -0.39 is 28.2 Å². The van der Waals surface area contributed by atoms with Crippen molar-refractivity contribution in [3.63, 3.8) is 0 Å². The molecule has 0 aliphatic rings. The van der Waals surface area contributed by atoms with Crippen molar-refractivity contribution in [3.05, 3.63) is 62.9 Å². The van der Waals surface area contributed by atoms with Gasteiger partial charge in [0.2, 0.25) is 5.82 Å². The van der Waals surface area contributed by atoms with Crippen LogP contribution in [-0.4, -0.2) is 4.92 Å². The molecule has 0 atom stereocenters. The van der Waals surface area contributed by atoms with Crippen molar-refractivity contribution >= 4 is 17.3 Å². The molecule has 2 aromatic carbocycles. The third-order valence-corrected chi connectivity index (χ3v) is 2.90. The standard InChI is InChI=1S/C13H6ClF4NO3/c14-9-5-7(13(16,17)18)1-4-12(9)22-8-2-3-11(19(20)21)10(15)6-8/h1-6H. The topological polar surface area (TPSA) is 52.4 Å². The van der Waals surface area contributed by atoms with Crippen LogP contribution in [0.25, 0.3) is 0 Å². The van der Waals surface area contributed by atoms with E-state index in [1.54, 1.807) is 0 Å². The molecule has 0 bridgehead atoms. The van der Waals surface area contributed by atoms with E-state index in [9.17, 15) is 27.7 Å². The van der Waals surface area contributed by atoms with Gasteiger partial charge in [0.1, 0.15) is 11.5 Å². The lowest BCUT2D eigenvalue weighted by atomic mass is 10.2. The number of ether oxygens (including phenoxy) is 1. The predicted molar refractivity (Wildman–Crippen MR) is 69.6 cm³/mol. The van der Waals surface area contributed by atoms with Crippen molar-refractivity contribution in [2.24, 2.45) is 0 Å². The van der Waals surface area contributed by atoms with Crippen molar-refractivity contribution in [3.8, 4) is 11.5 Å². The Morgan fingerprint density at radius 2 is 1.82 bits per heavy atom. The second-order valence-corrected chi connectivity index (χ2v) is 4.52. The molecule has 0 radical (unpaired) electrons. The van der Waals surface area contributed by atoms with Crippen LogP contribution in [0.15, 0.2) is 36.4 Å². The molecule has 22 heavy (non-hydrogen) atoms. The van der Waals surface area contributed by atoms with Crippen LogP contribution in [0.5, 0.6) is 11.5 Å². The number of nitrogens with zero attached hydrogens (tertiary/aromatic N) is 1. The largest absolute Gasteiger partial charge is 0.456 e. The van der Waals surface area contributed by atoms with Gasteiger partial charge in [-0.25, -0.2) is 0 Å². The zero-order valence-corrected chi connectivity index (χ0v) is 11.3. The van der Waals surface area contributed by atoms with E-state index in [-0.39, 0.29) is 16.5 Å². The van der Waals surface area contributed by atoms with Crippen LogP contribution >= 0.6 is 11.6 Å². The Bertz CT molecular complexity index is 734. The first-order valence-corrected chi connectivity index (χ1v) is 6.05. The summed E-state index contributed by atoms with van der Waals surface area (Å²) in [6.07, 6.45) is -4.55. The first-order chi connectivity index (χ1) is 10.2. The van der Waals surface area contributed by atoms with Crippen LogP contribution in [0.4, 0.5) is 23.2 Å². The maximum atomic E-state index is 13.4. The van der Waals surface area contributed by atoms with Crippen molar-refractivity contribution in [2.75, 3.05) is 0 Å². The van der Waals surface area contributed by atoms with Crippen LogP contribution in [0, 0.1) is 15.9 Å². The number of hydrogen-bond donors (Lipinski definition) is 0. The summed E-state index contributed by atoms with van der Waals surface area (Å²) in [4.78, 5) is 9.56. The van der Waals surface area contributed by atoms with Gasteiger partial charge in [0.15, 0.2) is 0 Å². The van der Waals surface area contributed by atoms with Gasteiger partial charge in [-0.2, -0.15) is 17.6 Å². The summed E-state index contributed by atoms with van der Waals surface area (Å²) in [5.41, 5.74) is -1.70. The zero-order valence-electron chi connectivity index (χ0n) is 10.5. The summed E-state index contributed by atoms with van der Waals surface area (Å²) in [5, 5.41) is 10.1. The average Bonchev–Trinajstić information content (AvgIpc) is 2.39. The molecule has 2 aromatic rings. The summed E-state index contributed by atoms with van der Waals surface area (Å²) < 4.78 is 56.0. The zero-order chi connectivity index (χ0) is 16.5. The fraction of sp³-hybridized carbons (Fsp3) is 0.0769. The fourth-order valence-electron chi connectivity index (χ4n) is 1.59. The van der Waals surface area contributed by atoms with Crippen LogP contribution in [-0.2, 0) is 6.18 Å². The molecule has 0 aliphatic heterocycles. The monoisotopic (exact) mass is 335 g/mol. The van der Waals surface area contributed by atoms with Crippen LogP contribution < -0.4 is 4.74 Å². The van der Waals surface area contributed by atoms with Gasteiger partial charge < -0.3 is 4.74 Å². The van der Waals surface area contributed by atoms with Gasteiger partial charge in [0.05, 0.1) is 15.5 Å². The summed E-state index contributed by atoms with van der Waals surface area (Å²) in [7, 11) is 0. The Morgan fingerprint density at radius 3 is 2.32 bits per heavy atom. The fourth-order valence-corrected chi connectivity index (χ4v) is 1.81. The van der Waals surface area contributed by atoms with Gasteiger partial charge in [-0.3, -0.25) is 10.1 Å². The predicted octanol–water partition coefficient (Wildman–Crippen LogP) is 5.20. The second-order valence-electron chi connectivity index (χ2n) is 4.12. The minimum atomic E-state index is -4.55. The van der Waals surface area contributed by atoms with E-state index in [2.05, 4.69) is 0 Å². The molecular formula is C13H6ClF4NO3. The van der Waals surface area contributed by atoms with Gasteiger partial charge in [-0.05, 0) is 24.3 Å². The molecule has 116 valence electrons. The first-order valence-electron chi connectivity index (χ1n) is 5.67. The minimum Gasteiger partial charge on any atom is -0.456 e. The highest BCUT2D eigenvalue weighted by Crippen LogP contribution is 2.36. The van der Waals surface area contributed by atoms with E-state index in [4.69, 9.17) is 16.3 Å². The minimum absolute atomic E-state index is 0.134. The summed E-state index contributed by atoms with van der Waals surface area (Å²) >= 11 is 5.68. The summed E-state index contributed by atoms with van der Waals surface area (Å²) in [6.45, 7) is 0. The van der Waals surface area contributed by atoms with E-state index in [1.165, 1.54) is 0 Å². The molecule has 4 nitrogen and oxygen atoms in total. The average molecular weight is 336 g/mol. The highest BCUT2D eigenvalue weighted by atomic mass is 35.5. The normalized spacial score (nSPS) is 11.3. The Labute approximate surface area is 126 Å². The molecule has 0 aromatic heterocycles. The van der Waals surface area contributed by atoms with Crippen molar-refractivity contribution in [1.29, 1.82) is 0 Å². The quantitative estimate of drug-likeness (QED) is 0.440. The lowest BCUT2D eigenvalue weighted by Gasteiger charge is -2.11. The third kappa shape index (κ3) is 3.45. The van der Waals surface area contributed by atoms with E-state index >= 15 is 0 Å². The number of alkyl halides is 3. The number of benzene rings is 2. The molecule has 2 rings (SSSR count). The highest BCUT2D eigenvalue weighted by molar-refractivity contribution is 6.32. The Morgan fingerprint density at radius 1 is 1.14 bits per heavy atom. The molecule has 0 N–H and O–H groups in total. The molecule has 0 amide bonds. The maximum Gasteiger partial charge on any atom is 0.416 e. The van der Waals surface area contributed by atoms with Crippen LogP contribution in [0.1, 0.15) is 5.56 Å². The molecular weight excluding hydrogens is 330 g/mol. The van der Waals surface area contributed by atoms with Crippen molar-refractivity contribution < 1.29 is 27.2 Å². The van der Waals surface area contributed by atoms with Crippen molar-refractivity contribution in [1.82, 2.24) is 0 Å². The highest BCUT2D eigenvalue weighted by Gasteiger charge is 2.31. The summed E-state index contributed by atoms with van der Waals surface area (Å²) in [5.74, 6) is -1.40. The number of nitro benzene ring substituents is 1.